The van der Waals surface area contributed by atoms with Gasteiger partial charge in [0.2, 0.25) is 6.79 Å². The molecule has 0 spiro atoms. The van der Waals surface area contributed by atoms with Crippen LogP contribution in [0.15, 0.2) is 12.3 Å². The van der Waals surface area contributed by atoms with Gasteiger partial charge in [-0.15, -0.1) is 0 Å². The summed E-state index contributed by atoms with van der Waals surface area (Å²) in [6.07, 6.45) is 9.90. The van der Waals surface area contributed by atoms with E-state index in [1.807, 2.05) is 6.92 Å². The molecule has 1 aromatic heterocycles. The van der Waals surface area contributed by atoms with Crippen molar-refractivity contribution in [2.75, 3.05) is 20.5 Å². The summed E-state index contributed by atoms with van der Waals surface area (Å²) < 4.78 is 27.7. The molecule has 1 aliphatic carbocycles. The summed E-state index contributed by atoms with van der Waals surface area (Å²) in [6.45, 7) is 5.40. The normalized spacial score (nSPS) is 24.5. The van der Waals surface area contributed by atoms with Gasteiger partial charge in [0.25, 0.3) is 5.91 Å². The highest BCUT2D eigenvalue weighted by molar-refractivity contribution is 5.98. The maximum atomic E-state index is 13.3. The summed E-state index contributed by atoms with van der Waals surface area (Å²) in [4.78, 5) is 41.7. The van der Waals surface area contributed by atoms with Crippen molar-refractivity contribution in [2.24, 2.45) is 11.8 Å². The molecule has 2 heterocycles. The highest BCUT2D eigenvalue weighted by Crippen LogP contribution is 2.36. The average molecular weight is 535 g/mol. The molecule has 10 heteroatoms. The second kappa shape index (κ2) is 14.9. The predicted octanol–water partition coefficient (Wildman–Crippen LogP) is 4.20. The van der Waals surface area contributed by atoms with E-state index in [-0.39, 0.29) is 23.3 Å². The number of aromatic nitrogens is 1. The first-order valence-electron chi connectivity index (χ1n) is 13.8. The van der Waals surface area contributed by atoms with Crippen molar-refractivity contribution in [3.05, 3.63) is 18.0 Å². The molecule has 212 valence electrons. The smallest absolute Gasteiger partial charge is 0.329 e. The molecule has 3 rings (SSSR count). The zero-order valence-electron chi connectivity index (χ0n) is 23.0. The molecule has 38 heavy (non-hydrogen) atoms. The van der Waals surface area contributed by atoms with Crippen LogP contribution in [0.4, 0.5) is 0 Å². The molecule has 1 N–H and O–H groups in total. The van der Waals surface area contributed by atoms with E-state index in [1.54, 1.807) is 0 Å². The number of nitrogens with one attached hydrogen (secondary N) is 1. The molecular weight excluding hydrogens is 492 g/mol. The van der Waals surface area contributed by atoms with Gasteiger partial charge in [-0.3, -0.25) is 9.59 Å². The number of hydrogen-bond donors (Lipinski definition) is 1. The van der Waals surface area contributed by atoms with Gasteiger partial charge in [-0.25, -0.2) is 9.78 Å². The second-order valence-corrected chi connectivity index (χ2v) is 10.2. The number of nitrogens with zero attached hydrogens (tertiary/aromatic N) is 1. The third kappa shape index (κ3) is 8.31. The lowest BCUT2D eigenvalue weighted by molar-refractivity contribution is -0.161. The Hall–Kier alpha value is -2.88. The van der Waals surface area contributed by atoms with E-state index in [2.05, 4.69) is 17.2 Å². The van der Waals surface area contributed by atoms with Gasteiger partial charge in [0.05, 0.1) is 13.2 Å². The maximum Gasteiger partial charge on any atom is 0.329 e. The fraction of sp³-hybridized carbons (Fsp3) is 0.714. The van der Waals surface area contributed by atoms with Crippen molar-refractivity contribution in [3.63, 3.8) is 0 Å². The number of cyclic esters (lactones) is 1. The van der Waals surface area contributed by atoms with Gasteiger partial charge in [0.1, 0.15) is 12.1 Å². The summed E-state index contributed by atoms with van der Waals surface area (Å²) >= 11 is 0. The third-order valence-corrected chi connectivity index (χ3v) is 7.28. The summed E-state index contributed by atoms with van der Waals surface area (Å²) in [5, 5.41) is 2.78. The van der Waals surface area contributed by atoms with Crippen LogP contribution in [-0.4, -0.2) is 61.6 Å². The van der Waals surface area contributed by atoms with E-state index in [0.717, 1.165) is 25.7 Å². The van der Waals surface area contributed by atoms with Gasteiger partial charge in [-0.05, 0) is 44.4 Å². The average Bonchev–Trinajstić information content (AvgIpc) is 3.41. The van der Waals surface area contributed by atoms with E-state index in [1.165, 1.54) is 52.0 Å². The molecule has 10 nitrogen and oxygen atoms in total. The van der Waals surface area contributed by atoms with Crippen molar-refractivity contribution in [2.45, 2.75) is 96.8 Å². The molecule has 1 aromatic rings. The van der Waals surface area contributed by atoms with Crippen LogP contribution in [0.3, 0.4) is 0 Å². The Bertz CT molecular complexity index is 933. The minimum atomic E-state index is -0.851. The van der Waals surface area contributed by atoms with Crippen molar-refractivity contribution >= 4 is 17.8 Å². The standard InChI is InChI=1S/C28H42N2O8/c1-5-15-35-25-18(2)38-28(33)22(12-8-11-21(25)16-20-9-6-7-10-20)30-27(32)24-26(37-17-36-19(3)31)23(34-4)13-14-29-24/h13-14,18,20-22,25H,5-12,15-17H2,1-4H3,(H,30,32). The fourth-order valence-electron chi connectivity index (χ4n) is 5.46. The van der Waals surface area contributed by atoms with Crippen LogP contribution < -0.4 is 14.8 Å². The highest BCUT2D eigenvalue weighted by Gasteiger charge is 2.36. The molecule has 1 saturated heterocycles. The Balaban J connectivity index is 1.74. The van der Waals surface area contributed by atoms with Crippen LogP contribution in [0.2, 0.25) is 0 Å². The Morgan fingerprint density at radius 2 is 1.92 bits per heavy atom. The van der Waals surface area contributed by atoms with Crippen molar-refractivity contribution < 1.29 is 38.1 Å². The number of pyridine rings is 1. The van der Waals surface area contributed by atoms with E-state index in [4.69, 9.17) is 23.7 Å². The van der Waals surface area contributed by atoms with Crippen molar-refractivity contribution in [1.29, 1.82) is 0 Å². The van der Waals surface area contributed by atoms with Crippen LogP contribution in [0.1, 0.15) is 89.0 Å². The van der Waals surface area contributed by atoms with Crippen molar-refractivity contribution in [3.8, 4) is 11.5 Å². The predicted molar refractivity (Wildman–Crippen MR) is 139 cm³/mol. The number of carbonyl (C=O) groups is 3. The molecule has 1 saturated carbocycles. The monoisotopic (exact) mass is 534 g/mol. The zero-order valence-corrected chi connectivity index (χ0v) is 23.0. The lowest BCUT2D eigenvalue weighted by Crippen LogP contribution is -2.44. The quantitative estimate of drug-likeness (QED) is 0.329. The van der Waals surface area contributed by atoms with Gasteiger partial charge in [-0.1, -0.05) is 39.0 Å². The van der Waals surface area contributed by atoms with Crippen LogP contribution in [0.5, 0.6) is 11.5 Å². The van der Waals surface area contributed by atoms with E-state index < -0.39 is 36.8 Å². The van der Waals surface area contributed by atoms with E-state index in [0.29, 0.717) is 24.9 Å². The molecule has 0 bridgehead atoms. The van der Waals surface area contributed by atoms with Gasteiger partial charge >= 0.3 is 11.9 Å². The van der Waals surface area contributed by atoms with Gasteiger partial charge in [0.15, 0.2) is 17.2 Å². The number of rotatable bonds is 11. The highest BCUT2D eigenvalue weighted by atomic mass is 16.7. The Kier molecular flexibility index (Phi) is 11.6. The first-order valence-corrected chi connectivity index (χ1v) is 13.8. The number of amides is 1. The number of hydrogen-bond acceptors (Lipinski definition) is 9. The number of methoxy groups -OCH3 is 1. The Morgan fingerprint density at radius 3 is 2.61 bits per heavy atom. The van der Waals surface area contributed by atoms with Crippen LogP contribution in [-0.2, 0) is 23.8 Å². The van der Waals surface area contributed by atoms with Crippen LogP contribution >= 0.6 is 0 Å². The SMILES string of the molecule is CCCOC1C(CC2CCCC2)CCCC(NC(=O)c2nccc(OC)c2OCOC(C)=O)C(=O)OC1C. The minimum absolute atomic E-state index is 0.0169. The van der Waals surface area contributed by atoms with Gasteiger partial charge in [-0.2, -0.15) is 0 Å². The van der Waals surface area contributed by atoms with E-state index >= 15 is 0 Å². The summed E-state index contributed by atoms with van der Waals surface area (Å²) in [5.41, 5.74) is -0.0829. The summed E-state index contributed by atoms with van der Waals surface area (Å²) in [6, 6.07) is 0.674. The zero-order chi connectivity index (χ0) is 27.5. The first-order chi connectivity index (χ1) is 18.3. The molecule has 2 aliphatic rings. The largest absolute Gasteiger partial charge is 0.493 e. The fourth-order valence-corrected chi connectivity index (χ4v) is 5.46. The van der Waals surface area contributed by atoms with Gasteiger partial charge in [0, 0.05) is 25.8 Å². The lowest BCUT2D eigenvalue weighted by atomic mass is 9.83. The molecular formula is C28H42N2O8. The van der Waals surface area contributed by atoms with Gasteiger partial charge < -0.3 is 29.0 Å². The lowest BCUT2D eigenvalue weighted by Gasteiger charge is -2.32. The number of carbonyl (C=O) groups excluding carboxylic acids is 3. The summed E-state index contributed by atoms with van der Waals surface area (Å²) in [7, 11) is 1.42. The Morgan fingerprint density at radius 1 is 1.16 bits per heavy atom. The molecule has 1 aliphatic heterocycles. The topological polar surface area (TPSA) is 122 Å². The third-order valence-electron chi connectivity index (χ3n) is 7.28. The molecule has 4 atom stereocenters. The molecule has 0 radical (unpaired) electrons. The van der Waals surface area contributed by atoms with Crippen LogP contribution in [0.25, 0.3) is 0 Å². The van der Waals surface area contributed by atoms with E-state index in [9.17, 15) is 14.4 Å². The first kappa shape index (κ1) is 29.7. The number of ether oxygens (including phenoxy) is 5. The number of esters is 2. The molecule has 4 unspecified atom stereocenters. The summed E-state index contributed by atoms with van der Waals surface area (Å²) in [5.74, 6) is -0.398. The Labute approximate surface area is 225 Å². The second-order valence-electron chi connectivity index (χ2n) is 10.2. The maximum absolute atomic E-state index is 13.3. The molecule has 1 amide bonds. The van der Waals surface area contributed by atoms with Crippen LogP contribution in [0, 0.1) is 11.8 Å². The molecule has 2 fully saturated rings. The minimum Gasteiger partial charge on any atom is -0.493 e. The van der Waals surface area contributed by atoms with Crippen molar-refractivity contribution in [1.82, 2.24) is 10.3 Å². The molecule has 0 aromatic carbocycles.